The molecule has 0 spiro atoms. The Morgan fingerprint density at radius 3 is 2.73 bits per heavy atom. The van der Waals surface area contributed by atoms with Gasteiger partial charge in [-0.25, -0.2) is 0 Å². The van der Waals surface area contributed by atoms with E-state index in [1.54, 1.807) is 0 Å². The molecule has 0 amide bonds. The summed E-state index contributed by atoms with van der Waals surface area (Å²) in [6.45, 7) is 4.42. The van der Waals surface area contributed by atoms with Crippen molar-refractivity contribution in [3.8, 4) is 0 Å². The Morgan fingerprint density at radius 2 is 2.27 bits per heavy atom. The molecule has 0 fully saturated rings. The number of alkyl halides is 1. The van der Waals surface area contributed by atoms with Gasteiger partial charge in [0, 0.05) is 11.8 Å². The number of carbonyl (C=O) groups is 1. The minimum atomic E-state index is -0.0831. The maximum Gasteiger partial charge on any atom is 0.305 e. The molecule has 0 aliphatic heterocycles. The van der Waals surface area contributed by atoms with E-state index in [1.165, 1.54) is 0 Å². The second kappa shape index (κ2) is 6.65. The van der Waals surface area contributed by atoms with E-state index in [0.29, 0.717) is 18.9 Å². The van der Waals surface area contributed by atoms with Gasteiger partial charge in [-0.15, -0.1) is 0 Å². The second-order valence-electron chi connectivity index (χ2n) is 2.60. The van der Waals surface area contributed by atoms with Crippen LogP contribution in [0.1, 0.15) is 26.7 Å². The fourth-order valence-corrected chi connectivity index (χ4v) is 0.998. The first kappa shape index (κ1) is 11.0. The first-order valence-electron chi connectivity index (χ1n) is 3.92. The summed E-state index contributed by atoms with van der Waals surface area (Å²) in [6.07, 6.45) is 1.45. The Balaban J connectivity index is 3.30. The molecule has 0 saturated carbocycles. The average Bonchev–Trinajstić information content (AvgIpc) is 2.01. The Hall–Kier alpha value is -0.0500. The van der Waals surface area contributed by atoms with Gasteiger partial charge in [0.15, 0.2) is 0 Å². The van der Waals surface area contributed by atoms with Gasteiger partial charge in [0.2, 0.25) is 0 Å². The van der Waals surface area contributed by atoms with Crippen LogP contribution >= 0.6 is 15.9 Å². The summed E-state index contributed by atoms with van der Waals surface area (Å²) in [4.78, 5) is 10.8. The van der Waals surface area contributed by atoms with Gasteiger partial charge in [0.05, 0.1) is 6.61 Å². The van der Waals surface area contributed by atoms with Gasteiger partial charge < -0.3 is 4.74 Å². The van der Waals surface area contributed by atoms with Crippen molar-refractivity contribution in [3.63, 3.8) is 0 Å². The van der Waals surface area contributed by atoms with Crippen LogP contribution in [0.15, 0.2) is 0 Å². The highest BCUT2D eigenvalue weighted by atomic mass is 79.9. The molecule has 0 aromatic carbocycles. The van der Waals surface area contributed by atoms with Gasteiger partial charge in [-0.05, 0) is 19.3 Å². The van der Waals surface area contributed by atoms with Gasteiger partial charge >= 0.3 is 5.97 Å². The van der Waals surface area contributed by atoms with Gasteiger partial charge in [-0.3, -0.25) is 4.79 Å². The van der Waals surface area contributed by atoms with E-state index in [-0.39, 0.29) is 5.97 Å². The molecule has 0 bridgehead atoms. The maximum atomic E-state index is 10.8. The number of hydrogen-bond donors (Lipinski definition) is 0. The Bertz CT molecular complexity index is 115. The number of esters is 1. The molecule has 1 atom stereocenters. The molecular formula is C8H15BrO2. The number of ether oxygens (including phenoxy) is 1. The second-order valence-corrected chi connectivity index (χ2v) is 3.25. The van der Waals surface area contributed by atoms with E-state index in [1.807, 2.05) is 6.92 Å². The van der Waals surface area contributed by atoms with Crippen LogP contribution in [0.25, 0.3) is 0 Å². The monoisotopic (exact) mass is 222 g/mol. The molecule has 0 N–H and O–H groups in total. The predicted octanol–water partition coefficient (Wildman–Crippen LogP) is 2.36. The lowest BCUT2D eigenvalue weighted by Gasteiger charge is -2.05. The van der Waals surface area contributed by atoms with E-state index in [0.717, 1.165) is 11.8 Å². The highest BCUT2D eigenvalue weighted by molar-refractivity contribution is 9.09. The van der Waals surface area contributed by atoms with Crippen molar-refractivity contribution in [2.24, 2.45) is 5.92 Å². The van der Waals surface area contributed by atoms with Crippen molar-refractivity contribution in [3.05, 3.63) is 0 Å². The SMILES string of the molecule is CCOC(=O)CC[C@@H](C)CBr. The van der Waals surface area contributed by atoms with Gasteiger partial charge in [0.25, 0.3) is 0 Å². The molecule has 2 nitrogen and oxygen atoms in total. The summed E-state index contributed by atoms with van der Waals surface area (Å²) >= 11 is 3.35. The van der Waals surface area contributed by atoms with Crippen molar-refractivity contribution in [2.75, 3.05) is 11.9 Å². The normalized spacial score (nSPS) is 12.6. The summed E-state index contributed by atoms with van der Waals surface area (Å²) in [7, 11) is 0. The highest BCUT2D eigenvalue weighted by Gasteiger charge is 2.05. The van der Waals surface area contributed by atoms with Crippen LogP contribution in [0.5, 0.6) is 0 Å². The van der Waals surface area contributed by atoms with Crippen LogP contribution in [0, 0.1) is 5.92 Å². The van der Waals surface area contributed by atoms with Gasteiger partial charge in [-0.1, -0.05) is 22.9 Å². The van der Waals surface area contributed by atoms with Gasteiger partial charge in [-0.2, -0.15) is 0 Å². The molecule has 66 valence electrons. The molecule has 0 aliphatic rings. The zero-order valence-electron chi connectivity index (χ0n) is 7.10. The molecule has 0 unspecified atom stereocenters. The molecule has 11 heavy (non-hydrogen) atoms. The third-order valence-corrected chi connectivity index (χ3v) is 2.52. The Kier molecular flexibility index (Phi) is 6.62. The molecule has 0 aromatic heterocycles. The summed E-state index contributed by atoms with van der Waals surface area (Å²) in [5.74, 6) is 0.472. The van der Waals surface area contributed by atoms with Crippen molar-refractivity contribution < 1.29 is 9.53 Å². The Morgan fingerprint density at radius 1 is 1.64 bits per heavy atom. The largest absolute Gasteiger partial charge is 0.466 e. The molecule has 0 heterocycles. The fraction of sp³-hybridized carbons (Fsp3) is 0.875. The quantitative estimate of drug-likeness (QED) is 0.528. The van der Waals surface area contributed by atoms with Crippen molar-refractivity contribution in [1.82, 2.24) is 0 Å². The number of rotatable bonds is 5. The zero-order chi connectivity index (χ0) is 8.69. The van der Waals surface area contributed by atoms with Gasteiger partial charge in [0.1, 0.15) is 0 Å². The van der Waals surface area contributed by atoms with Crippen LogP contribution in [0.2, 0.25) is 0 Å². The number of hydrogen-bond acceptors (Lipinski definition) is 2. The molecule has 0 radical (unpaired) electrons. The van der Waals surface area contributed by atoms with Crippen molar-refractivity contribution in [1.29, 1.82) is 0 Å². The van der Waals surface area contributed by atoms with E-state index in [4.69, 9.17) is 4.74 Å². The standard InChI is InChI=1S/C8H15BrO2/c1-3-11-8(10)5-4-7(2)6-9/h7H,3-6H2,1-2H3/t7-/m1/s1. The average molecular weight is 223 g/mol. The van der Waals surface area contributed by atoms with E-state index in [2.05, 4.69) is 22.9 Å². The highest BCUT2D eigenvalue weighted by Crippen LogP contribution is 2.08. The lowest BCUT2D eigenvalue weighted by Crippen LogP contribution is -2.06. The summed E-state index contributed by atoms with van der Waals surface area (Å²) < 4.78 is 4.78. The van der Waals surface area contributed by atoms with E-state index < -0.39 is 0 Å². The molecule has 0 saturated heterocycles. The molecule has 0 aliphatic carbocycles. The van der Waals surface area contributed by atoms with Crippen LogP contribution in [0.4, 0.5) is 0 Å². The number of halogens is 1. The third kappa shape index (κ3) is 6.35. The van der Waals surface area contributed by atoms with Crippen LogP contribution in [0.3, 0.4) is 0 Å². The molecule has 3 heteroatoms. The lowest BCUT2D eigenvalue weighted by molar-refractivity contribution is -0.143. The first-order valence-corrected chi connectivity index (χ1v) is 5.04. The van der Waals surface area contributed by atoms with Crippen LogP contribution in [-0.2, 0) is 9.53 Å². The zero-order valence-corrected chi connectivity index (χ0v) is 8.69. The third-order valence-electron chi connectivity index (χ3n) is 1.41. The van der Waals surface area contributed by atoms with Crippen molar-refractivity contribution >= 4 is 21.9 Å². The molecular weight excluding hydrogens is 208 g/mol. The first-order chi connectivity index (χ1) is 5.20. The van der Waals surface area contributed by atoms with Crippen molar-refractivity contribution in [2.45, 2.75) is 26.7 Å². The summed E-state index contributed by atoms with van der Waals surface area (Å²) in [5, 5.41) is 0.951. The summed E-state index contributed by atoms with van der Waals surface area (Å²) in [6, 6.07) is 0. The smallest absolute Gasteiger partial charge is 0.305 e. The Labute approximate surface area is 76.4 Å². The van der Waals surface area contributed by atoms with E-state index in [9.17, 15) is 4.79 Å². The van der Waals surface area contributed by atoms with E-state index >= 15 is 0 Å². The topological polar surface area (TPSA) is 26.3 Å². The minimum Gasteiger partial charge on any atom is -0.466 e. The minimum absolute atomic E-state index is 0.0831. The lowest BCUT2D eigenvalue weighted by atomic mass is 10.1. The predicted molar refractivity (Wildman–Crippen MR) is 48.8 cm³/mol. The molecule has 0 rings (SSSR count). The fourth-order valence-electron chi connectivity index (χ4n) is 0.675. The summed E-state index contributed by atoms with van der Waals surface area (Å²) in [5.41, 5.74) is 0. The number of carbonyl (C=O) groups excluding carboxylic acids is 1. The van der Waals surface area contributed by atoms with Crippen LogP contribution in [-0.4, -0.2) is 17.9 Å². The molecule has 0 aromatic rings. The maximum absolute atomic E-state index is 10.8. The van der Waals surface area contributed by atoms with Crippen LogP contribution < -0.4 is 0 Å².